The van der Waals surface area contributed by atoms with Crippen LogP contribution in [0, 0.1) is 0 Å². The Morgan fingerprint density at radius 1 is 0.447 bits per heavy atom. The lowest BCUT2D eigenvalue weighted by Gasteiger charge is -2.09. The van der Waals surface area contributed by atoms with Crippen molar-refractivity contribution < 1.29 is 62.5 Å². The minimum Gasteiger partial charge on any atom is -0.481 e. The maximum absolute atomic E-state index is 11.3. The van der Waals surface area contributed by atoms with Crippen molar-refractivity contribution in [1.82, 2.24) is 10.6 Å². The lowest BCUT2D eigenvalue weighted by Crippen LogP contribution is -2.31. The lowest BCUT2D eigenvalue weighted by atomic mass is 10.3. The van der Waals surface area contributed by atoms with Crippen molar-refractivity contribution >= 4 is 23.8 Å². The summed E-state index contributed by atoms with van der Waals surface area (Å²) in [4.78, 5) is 43.2. The Labute approximate surface area is 222 Å². The third kappa shape index (κ3) is 29.8. The standard InChI is InChI=1S/C23H42N2O13/c26-20(2-3-22(28)29)24-4-1-6-32-8-10-34-12-14-36-16-17-37-15-13-35-11-9-33-7-5-25-21(27)18-38-19-23(30)31/h1-19H2,(H,24,26)(H,25,27)(H,28,29)(H,30,31). The fourth-order valence-electron chi connectivity index (χ4n) is 2.46. The van der Waals surface area contributed by atoms with Gasteiger partial charge in [-0.25, -0.2) is 4.79 Å². The maximum atomic E-state index is 11.3. The van der Waals surface area contributed by atoms with Gasteiger partial charge in [-0.1, -0.05) is 0 Å². The predicted octanol–water partition coefficient (Wildman–Crippen LogP) is -1.33. The summed E-state index contributed by atoms with van der Waals surface area (Å²) in [6.45, 7) is 4.91. The van der Waals surface area contributed by atoms with E-state index in [2.05, 4.69) is 15.4 Å². The molecule has 0 atom stereocenters. The van der Waals surface area contributed by atoms with Crippen LogP contribution < -0.4 is 10.6 Å². The topological polar surface area (TPSA) is 197 Å². The largest absolute Gasteiger partial charge is 0.481 e. The van der Waals surface area contributed by atoms with Crippen LogP contribution in [-0.4, -0.2) is 140 Å². The first-order valence-electron chi connectivity index (χ1n) is 12.4. The van der Waals surface area contributed by atoms with Crippen molar-refractivity contribution in [2.75, 3.05) is 106 Å². The highest BCUT2D eigenvalue weighted by molar-refractivity contribution is 5.80. The Kier molecular flexibility index (Phi) is 25.9. The van der Waals surface area contributed by atoms with E-state index in [1.807, 2.05) is 0 Å². The fourth-order valence-corrected chi connectivity index (χ4v) is 2.46. The van der Waals surface area contributed by atoms with Crippen LogP contribution in [0.15, 0.2) is 0 Å². The number of hydrogen-bond donors (Lipinski definition) is 4. The van der Waals surface area contributed by atoms with Gasteiger partial charge in [-0.2, -0.15) is 0 Å². The van der Waals surface area contributed by atoms with Gasteiger partial charge in [-0.15, -0.1) is 0 Å². The number of ether oxygens (including phenoxy) is 7. The molecule has 15 nitrogen and oxygen atoms in total. The SMILES string of the molecule is O=C(O)CCC(=O)NCCCOCCOCCOCCOCCOCCOCCNC(=O)COCC(=O)O. The number of rotatable bonds is 29. The van der Waals surface area contributed by atoms with Gasteiger partial charge in [-0.3, -0.25) is 14.4 Å². The number of carbonyl (C=O) groups excluding carboxylic acids is 2. The van der Waals surface area contributed by atoms with Crippen molar-refractivity contribution in [2.45, 2.75) is 19.3 Å². The van der Waals surface area contributed by atoms with E-state index >= 15 is 0 Å². The summed E-state index contributed by atoms with van der Waals surface area (Å²) in [5.74, 6) is -2.81. The van der Waals surface area contributed by atoms with Crippen LogP contribution in [-0.2, 0) is 52.3 Å². The molecule has 0 aromatic heterocycles. The van der Waals surface area contributed by atoms with Crippen molar-refractivity contribution in [3.8, 4) is 0 Å². The number of nitrogens with one attached hydrogen (secondary N) is 2. The molecule has 0 aromatic carbocycles. The molecule has 0 aromatic rings. The summed E-state index contributed by atoms with van der Waals surface area (Å²) in [7, 11) is 0. The number of carboxylic acids is 2. The van der Waals surface area contributed by atoms with Crippen LogP contribution in [0.25, 0.3) is 0 Å². The molecule has 0 unspecified atom stereocenters. The van der Waals surface area contributed by atoms with Gasteiger partial charge in [0.2, 0.25) is 11.8 Å². The molecule has 0 heterocycles. The first-order chi connectivity index (χ1) is 18.4. The molecule has 0 saturated carbocycles. The molecular formula is C23H42N2O13. The Hall–Kier alpha value is -2.40. The second kappa shape index (κ2) is 27.6. The smallest absolute Gasteiger partial charge is 0.329 e. The summed E-state index contributed by atoms with van der Waals surface area (Å²) in [6, 6.07) is 0. The number of amides is 2. The van der Waals surface area contributed by atoms with Crippen molar-refractivity contribution in [3.63, 3.8) is 0 Å². The molecule has 0 saturated heterocycles. The van der Waals surface area contributed by atoms with Gasteiger partial charge in [0.1, 0.15) is 13.2 Å². The molecule has 0 rings (SSSR count). The van der Waals surface area contributed by atoms with Crippen LogP contribution >= 0.6 is 0 Å². The highest BCUT2D eigenvalue weighted by Gasteiger charge is 2.04. The maximum Gasteiger partial charge on any atom is 0.329 e. The van der Waals surface area contributed by atoms with Gasteiger partial charge in [0.25, 0.3) is 0 Å². The third-order valence-electron chi connectivity index (χ3n) is 4.24. The van der Waals surface area contributed by atoms with E-state index in [4.69, 9.17) is 38.6 Å². The zero-order valence-corrected chi connectivity index (χ0v) is 21.8. The molecule has 38 heavy (non-hydrogen) atoms. The molecule has 0 aliphatic rings. The summed E-state index contributed by atoms with van der Waals surface area (Å²) >= 11 is 0. The fraction of sp³-hybridized carbons (Fsp3) is 0.826. The van der Waals surface area contributed by atoms with E-state index in [9.17, 15) is 19.2 Å². The van der Waals surface area contributed by atoms with E-state index in [-0.39, 0.29) is 25.4 Å². The molecule has 0 spiro atoms. The molecule has 0 aliphatic carbocycles. The summed E-state index contributed by atoms with van der Waals surface area (Å²) in [5.41, 5.74) is 0. The first-order valence-corrected chi connectivity index (χ1v) is 12.4. The Balaban J connectivity index is 3.15. The van der Waals surface area contributed by atoms with Gasteiger partial charge in [-0.05, 0) is 6.42 Å². The third-order valence-corrected chi connectivity index (χ3v) is 4.24. The molecule has 4 N–H and O–H groups in total. The zero-order chi connectivity index (χ0) is 28.1. The minimum atomic E-state index is -1.13. The van der Waals surface area contributed by atoms with Crippen LogP contribution in [0.1, 0.15) is 19.3 Å². The number of carbonyl (C=O) groups is 4. The highest BCUT2D eigenvalue weighted by Crippen LogP contribution is 1.90. The highest BCUT2D eigenvalue weighted by atomic mass is 16.6. The van der Waals surface area contributed by atoms with E-state index < -0.39 is 24.5 Å². The summed E-state index contributed by atoms with van der Waals surface area (Å²) in [5, 5.41) is 22.0. The van der Waals surface area contributed by atoms with Crippen molar-refractivity contribution in [3.05, 3.63) is 0 Å². The van der Waals surface area contributed by atoms with E-state index in [1.54, 1.807) is 0 Å². The molecule has 15 heteroatoms. The quantitative estimate of drug-likeness (QED) is 0.0795. The molecule has 0 radical (unpaired) electrons. The van der Waals surface area contributed by atoms with Gasteiger partial charge >= 0.3 is 11.9 Å². The second-order valence-corrected chi connectivity index (χ2v) is 7.51. The van der Waals surface area contributed by atoms with E-state index in [0.29, 0.717) is 98.8 Å². The molecule has 0 aliphatic heterocycles. The van der Waals surface area contributed by atoms with Gasteiger partial charge in [0.05, 0.1) is 79.1 Å². The molecule has 0 bridgehead atoms. The Bertz CT molecular complexity index is 622. The van der Waals surface area contributed by atoms with E-state index in [1.165, 1.54) is 0 Å². The number of carboxylic acid groups (broad SMARTS) is 2. The lowest BCUT2D eigenvalue weighted by molar-refractivity contribution is -0.143. The molecular weight excluding hydrogens is 512 g/mol. The van der Waals surface area contributed by atoms with E-state index in [0.717, 1.165) is 0 Å². The van der Waals surface area contributed by atoms with Gasteiger partial charge < -0.3 is 54.0 Å². The van der Waals surface area contributed by atoms with Crippen LogP contribution in [0.2, 0.25) is 0 Å². The summed E-state index contributed by atoms with van der Waals surface area (Å²) in [6.07, 6.45) is 0.445. The van der Waals surface area contributed by atoms with Crippen molar-refractivity contribution in [1.29, 1.82) is 0 Å². The van der Waals surface area contributed by atoms with Crippen LogP contribution in [0.3, 0.4) is 0 Å². The van der Waals surface area contributed by atoms with Crippen molar-refractivity contribution in [2.24, 2.45) is 0 Å². The second-order valence-electron chi connectivity index (χ2n) is 7.51. The molecule has 0 fully saturated rings. The van der Waals surface area contributed by atoms with Crippen LogP contribution in [0.4, 0.5) is 0 Å². The normalized spacial score (nSPS) is 10.8. The van der Waals surface area contributed by atoms with Crippen LogP contribution in [0.5, 0.6) is 0 Å². The monoisotopic (exact) mass is 554 g/mol. The number of hydrogen-bond acceptors (Lipinski definition) is 11. The minimum absolute atomic E-state index is 0.0201. The van der Waals surface area contributed by atoms with Gasteiger partial charge in [0.15, 0.2) is 0 Å². The first kappa shape index (κ1) is 35.6. The summed E-state index contributed by atoms with van der Waals surface area (Å²) < 4.78 is 36.8. The van der Waals surface area contributed by atoms with Gasteiger partial charge in [0, 0.05) is 26.1 Å². The average molecular weight is 555 g/mol. The zero-order valence-electron chi connectivity index (χ0n) is 21.8. The Morgan fingerprint density at radius 2 is 0.895 bits per heavy atom. The molecule has 222 valence electrons. The number of aliphatic carboxylic acids is 2. The Morgan fingerprint density at radius 3 is 1.37 bits per heavy atom. The predicted molar refractivity (Wildman–Crippen MR) is 131 cm³/mol. The molecule has 2 amide bonds. The average Bonchev–Trinajstić information content (AvgIpc) is 2.87.